The first-order valence-electron chi connectivity index (χ1n) is 5.91. The van der Waals surface area contributed by atoms with Gasteiger partial charge in [0.05, 0.1) is 12.8 Å². The average molecular weight is 355 g/mol. The van der Waals surface area contributed by atoms with Crippen molar-refractivity contribution in [3.63, 3.8) is 0 Å². The van der Waals surface area contributed by atoms with Crippen molar-refractivity contribution in [2.75, 3.05) is 12.4 Å². The summed E-state index contributed by atoms with van der Waals surface area (Å²) in [6, 6.07) is 10.7. The first-order chi connectivity index (χ1) is 9.49. The number of rotatable bonds is 3. The number of ether oxygens (including phenoxy) is 1. The molecule has 0 aliphatic heterocycles. The molecule has 0 spiro atoms. The van der Waals surface area contributed by atoms with Crippen molar-refractivity contribution in [1.29, 1.82) is 0 Å². The Labute approximate surface area is 131 Å². The third-order valence-electron chi connectivity index (χ3n) is 2.73. The smallest absolute Gasteiger partial charge is 0.255 e. The minimum absolute atomic E-state index is 0.239. The molecular weight excluding hydrogens is 342 g/mol. The number of methoxy groups -OCH3 is 1. The lowest BCUT2D eigenvalue weighted by Crippen LogP contribution is -2.12. The van der Waals surface area contributed by atoms with Gasteiger partial charge in [-0.3, -0.25) is 4.79 Å². The van der Waals surface area contributed by atoms with Crippen LogP contribution in [0.5, 0.6) is 5.75 Å². The molecule has 0 radical (unpaired) electrons. The van der Waals surface area contributed by atoms with E-state index in [0.717, 1.165) is 10.0 Å². The van der Waals surface area contributed by atoms with Crippen molar-refractivity contribution >= 4 is 39.1 Å². The Kier molecular flexibility index (Phi) is 4.68. The van der Waals surface area contributed by atoms with Crippen LogP contribution in [0.1, 0.15) is 15.9 Å². The highest BCUT2D eigenvalue weighted by molar-refractivity contribution is 9.10. The number of nitrogens with one attached hydrogen (secondary N) is 1. The summed E-state index contributed by atoms with van der Waals surface area (Å²) in [7, 11) is 1.57. The molecular formula is C15H13BrClNO2. The van der Waals surface area contributed by atoms with Crippen molar-refractivity contribution in [3.8, 4) is 5.75 Å². The maximum absolute atomic E-state index is 12.3. The summed E-state index contributed by atoms with van der Waals surface area (Å²) in [5.41, 5.74) is 2.15. The van der Waals surface area contributed by atoms with Gasteiger partial charge in [-0.05, 0) is 42.8 Å². The van der Waals surface area contributed by atoms with Crippen molar-refractivity contribution in [1.82, 2.24) is 0 Å². The molecule has 1 amide bonds. The van der Waals surface area contributed by atoms with Gasteiger partial charge >= 0.3 is 0 Å². The Bertz CT molecular complexity index is 638. The third kappa shape index (κ3) is 3.52. The molecule has 0 unspecified atom stereocenters. The highest BCUT2D eigenvalue weighted by atomic mass is 79.9. The molecule has 3 nitrogen and oxygen atoms in total. The normalized spacial score (nSPS) is 10.2. The number of hydrogen-bond acceptors (Lipinski definition) is 2. The zero-order valence-corrected chi connectivity index (χ0v) is 13.4. The molecule has 5 heteroatoms. The summed E-state index contributed by atoms with van der Waals surface area (Å²) >= 11 is 9.26. The average Bonchev–Trinajstić information content (AvgIpc) is 2.37. The molecule has 0 saturated heterocycles. The molecule has 2 aromatic carbocycles. The first kappa shape index (κ1) is 14.9. The molecule has 104 valence electrons. The molecule has 2 aromatic rings. The van der Waals surface area contributed by atoms with Crippen molar-refractivity contribution in [2.45, 2.75) is 6.92 Å². The Hall–Kier alpha value is -1.52. The monoisotopic (exact) mass is 353 g/mol. The Balaban J connectivity index is 2.29. The molecule has 0 aliphatic rings. The molecule has 2 rings (SSSR count). The van der Waals surface area contributed by atoms with E-state index in [1.165, 1.54) is 0 Å². The van der Waals surface area contributed by atoms with Crippen LogP contribution in [-0.2, 0) is 0 Å². The van der Waals surface area contributed by atoms with Gasteiger partial charge in [-0.2, -0.15) is 0 Å². The van der Waals surface area contributed by atoms with Gasteiger partial charge in [0.15, 0.2) is 0 Å². The van der Waals surface area contributed by atoms with Crippen LogP contribution in [0.4, 0.5) is 5.69 Å². The number of aryl methyl sites for hydroxylation is 1. The summed E-state index contributed by atoms with van der Waals surface area (Å²) in [6.07, 6.45) is 0. The van der Waals surface area contributed by atoms with Crippen LogP contribution in [-0.4, -0.2) is 13.0 Å². The predicted octanol–water partition coefficient (Wildman–Crippen LogP) is 4.67. The lowest BCUT2D eigenvalue weighted by atomic mass is 10.1. The van der Waals surface area contributed by atoms with Crippen LogP contribution in [0, 0.1) is 6.92 Å². The number of halogens is 2. The molecule has 0 fully saturated rings. The van der Waals surface area contributed by atoms with Gasteiger partial charge in [-0.15, -0.1) is 0 Å². The van der Waals surface area contributed by atoms with Gasteiger partial charge in [0.25, 0.3) is 5.91 Å². The van der Waals surface area contributed by atoms with Crippen LogP contribution in [0.3, 0.4) is 0 Å². The molecule has 1 N–H and O–H groups in total. The largest absolute Gasteiger partial charge is 0.495 e. The lowest BCUT2D eigenvalue weighted by molar-refractivity contribution is 0.102. The van der Waals surface area contributed by atoms with Gasteiger partial charge in [0, 0.05) is 15.1 Å². The highest BCUT2D eigenvalue weighted by Crippen LogP contribution is 2.26. The Morgan fingerprint density at radius 2 is 2.00 bits per heavy atom. The minimum atomic E-state index is -0.239. The number of benzene rings is 2. The van der Waals surface area contributed by atoms with Gasteiger partial charge in [-0.1, -0.05) is 33.6 Å². The maximum Gasteiger partial charge on any atom is 0.255 e. The van der Waals surface area contributed by atoms with Gasteiger partial charge in [-0.25, -0.2) is 0 Å². The number of hydrogen-bond donors (Lipinski definition) is 1. The number of anilines is 1. The van der Waals surface area contributed by atoms with E-state index in [9.17, 15) is 4.79 Å². The van der Waals surface area contributed by atoms with Gasteiger partial charge in [0.1, 0.15) is 5.75 Å². The summed E-state index contributed by atoms with van der Waals surface area (Å²) < 4.78 is 5.99. The lowest BCUT2D eigenvalue weighted by Gasteiger charge is -2.11. The van der Waals surface area contributed by atoms with E-state index in [4.69, 9.17) is 16.3 Å². The van der Waals surface area contributed by atoms with Crippen molar-refractivity contribution < 1.29 is 9.53 Å². The zero-order chi connectivity index (χ0) is 14.7. The van der Waals surface area contributed by atoms with E-state index in [1.54, 1.807) is 25.3 Å². The summed E-state index contributed by atoms with van der Waals surface area (Å²) in [5.74, 6) is 0.377. The molecule has 0 aliphatic carbocycles. The van der Waals surface area contributed by atoms with E-state index in [-0.39, 0.29) is 5.91 Å². The quantitative estimate of drug-likeness (QED) is 0.869. The second-order valence-corrected chi connectivity index (χ2v) is 5.67. The molecule has 20 heavy (non-hydrogen) atoms. The fourth-order valence-electron chi connectivity index (χ4n) is 1.80. The topological polar surface area (TPSA) is 38.3 Å². The Morgan fingerprint density at radius 3 is 2.65 bits per heavy atom. The van der Waals surface area contributed by atoms with Crippen LogP contribution in [0.2, 0.25) is 5.02 Å². The standard InChI is InChI=1S/C15H13BrClNO2/c1-9-3-4-14(20-2)13(5-9)18-15(19)10-6-11(16)8-12(17)7-10/h3-8H,1-2H3,(H,18,19). The van der Waals surface area contributed by atoms with Crippen LogP contribution < -0.4 is 10.1 Å². The Morgan fingerprint density at radius 1 is 1.25 bits per heavy atom. The predicted molar refractivity (Wildman–Crippen MR) is 84.8 cm³/mol. The third-order valence-corrected chi connectivity index (χ3v) is 3.40. The maximum atomic E-state index is 12.3. The SMILES string of the molecule is COc1ccc(C)cc1NC(=O)c1cc(Cl)cc(Br)c1. The van der Waals surface area contributed by atoms with E-state index in [0.29, 0.717) is 22.0 Å². The van der Waals surface area contributed by atoms with Crippen LogP contribution in [0.25, 0.3) is 0 Å². The summed E-state index contributed by atoms with van der Waals surface area (Å²) in [5, 5.41) is 3.33. The molecule has 0 saturated carbocycles. The highest BCUT2D eigenvalue weighted by Gasteiger charge is 2.11. The molecule has 0 heterocycles. The van der Waals surface area contributed by atoms with E-state index < -0.39 is 0 Å². The molecule has 0 atom stereocenters. The zero-order valence-electron chi connectivity index (χ0n) is 11.0. The van der Waals surface area contributed by atoms with Crippen molar-refractivity contribution in [2.24, 2.45) is 0 Å². The summed E-state index contributed by atoms with van der Waals surface area (Å²) in [4.78, 5) is 12.3. The van der Waals surface area contributed by atoms with Gasteiger partial charge < -0.3 is 10.1 Å². The van der Waals surface area contributed by atoms with E-state index in [1.807, 2.05) is 25.1 Å². The van der Waals surface area contributed by atoms with E-state index >= 15 is 0 Å². The fourth-order valence-corrected chi connectivity index (χ4v) is 2.66. The molecule has 0 bridgehead atoms. The summed E-state index contributed by atoms with van der Waals surface area (Å²) in [6.45, 7) is 1.95. The number of amides is 1. The fraction of sp³-hybridized carbons (Fsp3) is 0.133. The van der Waals surface area contributed by atoms with Crippen molar-refractivity contribution in [3.05, 3.63) is 57.0 Å². The second kappa shape index (κ2) is 6.29. The van der Waals surface area contributed by atoms with Gasteiger partial charge in [0.2, 0.25) is 0 Å². The van der Waals surface area contributed by atoms with E-state index in [2.05, 4.69) is 21.2 Å². The molecule has 0 aromatic heterocycles. The second-order valence-electron chi connectivity index (χ2n) is 4.32. The minimum Gasteiger partial charge on any atom is -0.495 e. The van der Waals surface area contributed by atoms with Crippen LogP contribution >= 0.6 is 27.5 Å². The number of carbonyl (C=O) groups is 1. The number of carbonyl (C=O) groups excluding carboxylic acids is 1. The van der Waals surface area contributed by atoms with Crippen LogP contribution in [0.15, 0.2) is 40.9 Å². The first-order valence-corrected chi connectivity index (χ1v) is 7.09.